The molecular weight excluding hydrogens is 196 g/mol. The second-order valence-corrected chi connectivity index (χ2v) is 4.39. The van der Waals surface area contributed by atoms with E-state index in [0.29, 0.717) is 6.61 Å². The molecule has 1 aromatic heterocycles. The summed E-state index contributed by atoms with van der Waals surface area (Å²) in [6.45, 7) is 2.57. The second kappa shape index (κ2) is 4.04. The lowest BCUT2D eigenvalue weighted by atomic mass is 10.1. The lowest BCUT2D eigenvalue weighted by molar-refractivity contribution is 0.141. The topological polar surface area (TPSA) is 48.1 Å². The van der Waals surface area contributed by atoms with Gasteiger partial charge in [0.05, 0.1) is 21.8 Å². The van der Waals surface area contributed by atoms with Crippen molar-refractivity contribution in [3.63, 3.8) is 0 Å². The minimum absolute atomic E-state index is 0.550. The Morgan fingerprint density at radius 1 is 1.50 bits per heavy atom. The molecule has 0 aliphatic rings. The van der Waals surface area contributed by atoms with Crippen molar-refractivity contribution in [2.24, 2.45) is 5.90 Å². The Kier molecular flexibility index (Phi) is 2.77. The second-order valence-electron chi connectivity index (χ2n) is 3.16. The number of rotatable bonds is 3. The van der Waals surface area contributed by atoms with Crippen LogP contribution in [0.5, 0.6) is 0 Å². The van der Waals surface area contributed by atoms with Gasteiger partial charge in [-0.3, -0.25) is 0 Å². The monoisotopic (exact) mass is 208 g/mol. The van der Waals surface area contributed by atoms with Gasteiger partial charge in [0, 0.05) is 0 Å². The molecule has 0 saturated heterocycles. The van der Waals surface area contributed by atoms with Crippen molar-refractivity contribution in [3.05, 3.63) is 28.8 Å². The van der Waals surface area contributed by atoms with Gasteiger partial charge in [0.2, 0.25) is 0 Å². The lowest BCUT2D eigenvalue weighted by Gasteiger charge is -1.98. The Morgan fingerprint density at radius 3 is 3.14 bits per heavy atom. The molecule has 0 atom stereocenters. The number of aryl methyl sites for hydroxylation is 1. The minimum Gasteiger partial charge on any atom is -0.304 e. The van der Waals surface area contributed by atoms with Gasteiger partial charge in [0.1, 0.15) is 0 Å². The molecule has 0 aliphatic carbocycles. The smallest absolute Gasteiger partial charge is 0.0907 e. The molecule has 1 heterocycles. The first kappa shape index (κ1) is 9.58. The van der Waals surface area contributed by atoms with Gasteiger partial charge in [-0.1, -0.05) is 6.07 Å². The van der Waals surface area contributed by atoms with Crippen LogP contribution in [0.4, 0.5) is 0 Å². The van der Waals surface area contributed by atoms with Gasteiger partial charge in [0.15, 0.2) is 0 Å². The zero-order valence-corrected chi connectivity index (χ0v) is 8.80. The molecule has 0 unspecified atom stereocenters. The van der Waals surface area contributed by atoms with Gasteiger partial charge in [-0.2, -0.15) is 0 Å². The Labute approximate surface area is 86.5 Å². The largest absolute Gasteiger partial charge is 0.304 e. The molecule has 0 saturated carbocycles. The Bertz CT molecular complexity index is 439. The number of aromatic nitrogens is 1. The first-order valence-corrected chi connectivity index (χ1v) is 5.29. The van der Waals surface area contributed by atoms with Crippen LogP contribution in [0.2, 0.25) is 0 Å². The fourth-order valence-corrected chi connectivity index (χ4v) is 2.23. The van der Waals surface area contributed by atoms with E-state index >= 15 is 0 Å². The molecule has 3 nitrogen and oxygen atoms in total. The molecule has 0 aliphatic heterocycles. The van der Waals surface area contributed by atoms with E-state index in [2.05, 4.69) is 28.0 Å². The molecule has 0 radical (unpaired) electrons. The number of nitrogens with two attached hydrogens (primary N) is 1. The third-order valence-corrected chi connectivity index (χ3v) is 3.02. The molecule has 1 aromatic carbocycles. The fourth-order valence-electron chi connectivity index (χ4n) is 1.42. The zero-order chi connectivity index (χ0) is 9.97. The summed E-state index contributed by atoms with van der Waals surface area (Å²) in [6.07, 6.45) is 0.836. The van der Waals surface area contributed by atoms with E-state index in [0.717, 1.165) is 16.9 Å². The summed E-state index contributed by atoms with van der Waals surface area (Å²) in [7, 11) is 0. The van der Waals surface area contributed by atoms with Crippen molar-refractivity contribution in [1.29, 1.82) is 0 Å². The standard InChI is InChI=1S/C10H12N2OS/c1-7-12-9-6-8(4-5-13-11)2-3-10(9)14-7/h2-3,6H,4-5,11H2,1H3. The van der Waals surface area contributed by atoms with Crippen LogP contribution in [0.1, 0.15) is 10.6 Å². The van der Waals surface area contributed by atoms with E-state index in [1.165, 1.54) is 10.3 Å². The molecule has 0 bridgehead atoms. The van der Waals surface area contributed by atoms with Crippen molar-refractivity contribution in [2.45, 2.75) is 13.3 Å². The fraction of sp³-hybridized carbons (Fsp3) is 0.300. The average molecular weight is 208 g/mol. The number of hydrogen-bond acceptors (Lipinski definition) is 4. The maximum atomic E-state index is 4.98. The van der Waals surface area contributed by atoms with Gasteiger partial charge >= 0.3 is 0 Å². The van der Waals surface area contributed by atoms with E-state index in [1.54, 1.807) is 11.3 Å². The summed E-state index contributed by atoms with van der Waals surface area (Å²) >= 11 is 1.72. The summed E-state index contributed by atoms with van der Waals surface area (Å²) in [5.41, 5.74) is 2.29. The number of nitrogens with zero attached hydrogens (tertiary/aromatic N) is 1. The molecule has 0 fully saturated rings. The maximum Gasteiger partial charge on any atom is 0.0907 e. The van der Waals surface area contributed by atoms with E-state index in [4.69, 9.17) is 5.90 Å². The highest BCUT2D eigenvalue weighted by Crippen LogP contribution is 2.22. The highest BCUT2D eigenvalue weighted by atomic mass is 32.1. The number of fused-ring (bicyclic) bond motifs is 1. The van der Waals surface area contributed by atoms with E-state index in [-0.39, 0.29) is 0 Å². The summed E-state index contributed by atoms with van der Waals surface area (Å²) in [6, 6.07) is 6.29. The van der Waals surface area contributed by atoms with E-state index in [1.807, 2.05) is 6.92 Å². The van der Waals surface area contributed by atoms with Crippen LogP contribution < -0.4 is 5.90 Å². The Morgan fingerprint density at radius 2 is 2.36 bits per heavy atom. The van der Waals surface area contributed by atoms with Crippen molar-refractivity contribution >= 4 is 21.6 Å². The van der Waals surface area contributed by atoms with Crippen LogP contribution in [0.3, 0.4) is 0 Å². The molecular formula is C10H12N2OS. The summed E-state index contributed by atoms with van der Waals surface area (Å²) < 4.78 is 1.24. The summed E-state index contributed by atoms with van der Waals surface area (Å²) in [5.74, 6) is 4.98. The molecule has 0 amide bonds. The predicted octanol–water partition coefficient (Wildman–Crippen LogP) is 2.04. The third-order valence-electron chi connectivity index (χ3n) is 2.07. The Balaban J connectivity index is 2.31. The lowest BCUT2D eigenvalue weighted by Crippen LogP contribution is -2.03. The molecule has 2 N–H and O–H groups in total. The van der Waals surface area contributed by atoms with Crippen LogP contribution in [-0.4, -0.2) is 11.6 Å². The van der Waals surface area contributed by atoms with Crippen molar-refractivity contribution < 1.29 is 4.84 Å². The average Bonchev–Trinajstić information content (AvgIpc) is 2.54. The van der Waals surface area contributed by atoms with Gasteiger partial charge in [-0.15, -0.1) is 11.3 Å². The van der Waals surface area contributed by atoms with E-state index < -0.39 is 0 Å². The van der Waals surface area contributed by atoms with Crippen LogP contribution in [-0.2, 0) is 11.3 Å². The highest BCUT2D eigenvalue weighted by Gasteiger charge is 2.01. The van der Waals surface area contributed by atoms with Crippen molar-refractivity contribution in [1.82, 2.24) is 4.98 Å². The highest BCUT2D eigenvalue weighted by molar-refractivity contribution is 7.18. The summed E-state index contributed by atoms with van der Waals surface area (Å²) in [5, 5.41) is 1.10. The first-order chi connectivity index (χ1) is 6.79. The van der Waals surface area contributed by atoms with Crippen LogP contribution in [0, 0.1) is 6.92 Å². The van der Waals surface area contributed by atoms with E-state index in [9.17, 15) is 0 Å². The predicted molar refractivity (Wildman–Crippen MR) is 58.2 cm³/mol. The molecule has 2 rings (SSSR count). The van der Waals surface area contributed by atoms with Gasteiger partial charge < -0.3 is 4.84 Å². The van der Waals surface area contributed by atoms with Crippen LogP contribution >= 0.6 is 11.3 Å². The molecule has 0 spiro atoms. The summed E-state index contributed by atoms with van der Waals surface area (Å²) in [4.78, 5) is 8.97. The van der Waals surface area contributed by atoms with Crippen molar-refractivity contribution in [3.8, 4) is 0 Å². The normalized spacial score (nSPS) is 11.0. The molecule has 2 aromatic rings. The molecule has 4 heteroatoms. The van der Waals surface area contributed by atoms with Gasteiger partial charge in [0.25, 0.3) is 0 Å². The molecule has 14 heavy (non-hydrogen) atoms. The number of thiazole rings is 1. The number of hydrogen-bond donors (Lipinski definition) is 1. The maximum absolute atomic E-state index is 4.98. The minimum atomic E-state index is 0.550. The van der Waals surface area contributed by atoms with Crippen molar-refractivity contribution in [2.75, 3.05) is 6.61 Å². The number of benzene rings is 1. The Hall–Kier alpha value is -0.970. The van der Waals surface area contributed by atoms with Crippen LogP contribution in [0.25, 0.3) is 10.2 Å². The van der Waals surface area contributed by atoms with Gasteiger partial charge in [-0.05, 0) is 31.0 Å². The van der Waals surface area contributed by atoms with Gasteiger partial charge in [-0.25, -0.2) is 10.9 Å². The molecule has 74 valence electrons. The SMILES string of the molecule is Cc1nc2cc(CCON)ccc2s1. The van der Waals surface area contributed by atoms with Crippen LogP contribution in [0.15, 0.2) is 18.2 Å². The zero-order valence-electron chi connectivity index (χ0n) is 7.99. The third kappa shape index (κ3) is 1.92. The quantitative estimate of drug-likeness (QED) is 0.785. The first-order valence-electron chi connectivity index (χ1n) is 4.47.